The van der Waals surface area contributed by atoms with Crippen LogP contribution in [0.1, 0.15) is 49.4 Å². The molecule has 0 radical (unpaired) electrons. The van der Waals surface area contributed by atoms with Gasteiger partial charge in [0.1, 0.15) is 11.9 Å². The van der Waals surface area contributed by atoms with Gasteiger partial charge in [0.2, 0.25) is 0 Å². The van der Waals surface area contributed by atoms with Gasteiger partial charge in [-0.05, 0) is 100 Å². The second-order valence-corrected chi connectivity index (χ2v) is 11.5. The maximum atomic E-state index is 15.6. The summed E-state index contributed by atoms with van der Waals surface area (Å²) in [5.74, 6) is 1.75. The van der Waals surface area contributed by atoms with Crippen molar-refractivity contribution in [3.63, 3.8) is 0 Å². The molecule has 1 aliphatic rings. The van der Waals surface area contributed by atoms with Gasteiger partial charge in [-0.3, -0.25) is 4.98 Å². The van der Waals surface area contributed by atoms with Crippen molar-refractivity contribution >= 4 is 34.3 Å². The molecule has 0 aliphatic carbocycles. The number of pyridine rings is 1. The fraction of sp³-hybridized carbons (Fsp3) is 0.483. The Balaban J connectivity index is 1.29. The van der Waals surface area contributed by atoms with E-state index < -0.39 is 6.17 Å². The van der Waals surface area contributed by atoms with Crippen molar-refractivity contribution in [3.05, 3.63) is 64.8 Å². The minimum atomic E-state index is -1.23. The number of aliphatic hydroxyl groups excluding tert-OH is 1. The van der Waals surface area contributed by atoms with Crippen molar-refractivity contribution in [2.24, 2.45) is 5.41 Å². The van der Waals surface area contributed by atoms with Gasteiger partial charge in [-0.1, -0.05) is 29.3 Å². The van der Waals surface area contributed by atoms with Crippen molar-refractivity contribution < 1.29 is 14.2 Å². The van der Waals surface area contributed by atoms with Crippen LogP contribution in [0.15, 0.2) is 53.6 Å². The molecule has 7 heteroatoms. The predicted molar refractivity (Wildman–Crippen MR) is 148 cm³/mol. The summed E-state index contributed by atoms with van der Waals surface area (Å²) in [5, 5.41) is 11.3. The summed E-state index contributed by atoms with van der Waals surface area (Å²) < 4.78 is 20.9. The van der Waals surface area contributed by atoms with E-state index in [0.29, 0.717) is 40.1 Å². The second kappa shape index (κ2) is 12.6. The van der Waals surface area contributed by atoms with Gasteiger partial charge in [0.15, 0.2) is 0 Å². The number of nitrogens with zero attached hydrogens (tertiary/aromatic N) is 2. The zero-order chi connectivity index (χ0) is 25.5. The lowest BCUT2D eigenvalue weighted by molar-refractivity contribution is 0.0304. The number of methoxy groups -OCH3 is 1. The van der Waals surface area contributed by atoms with Gasteiger partial charge < -0.3 is 14.7 Å². The van der Waals surface area contributed by atoms with E-state index in [4.69, 9.17) is 16.3 Å². The Morgan fingerprint density at radius 3 is 2.64 bits per heavy atom. The second-order valence-electron chi connectivity index (χ2n) is 9.92. The van der Waals surface area contributed by atoms with E-state index in [9.17, 15) is 5.11 Å². The monoisotopic (exact) mass is 530 g/mol. The highest BCUT2D eigenvalue weighted by molar-refractivity contribution is 7.99. The van der Waals surface area contributed by atoms with Crippen LogP contribution in [0.5, 0.6) is 5.75 Å². The number of hydrogen-bond acceptors (Lipinski definition) is 5. The molecule has 2 heterocycles. The van der Waals surface area contributed by atoms with Gasteiger partial charge in [-0.2, -0.15) is 0 Å². The molecule has 1 aliphatic heterocycles. The quantitative estimate of drug-likeness (QED) is 0.209. The zero-order valence-corrected chi connectivity index (χ0v) is 22.8. The summed E-state index contributed by atoms with van der Waals surface area (Å²) in [6.07, 6.45) is 4.16. The summed E-state index contributed by atoms with van der Waals surface area (Å²) in [4.78, 5) is 8.14. The normalized spacial score (nSPS) is 16.8. The van der Waals surface area contributed by atoms with Gasteiger partial charge in [-0.15, -0.1) is 11.8 Å². The van der Waals surface area contributed by atoms with Crippen LogP contribution in [-0.4, -0.2) is 54.1 Å². The van der Waals surface area contributed by atoms with Gasteiger partial charge >= 0.3 is 0 Å². The van der Waals surface area contributed by atoms with E-state index in [1.807, 2.05) is 23.9 Å². The third-order valence-electron chi connectivity index (χ3n) is 7.47. The average Bonchev–Trinajstić information content (AvgIpc) is 2.91. The molecule has 4 nitrogen and oxygen atoms in total. The van der Waals surface area contributed by atoms with E-state index in [-0.39, 0.29) is 12.0 Å². The van der Waals surface area contributed by atoms with Crippen LogP contribution < -0.4 is 4.74 Å². The highest BCUT2D eigenvalue weighted by Gasteiger charge is 2.35. The standard InChI is InChI=1S/C29H36ClFN2O2S/c1-21-4-7-23(8-5-21)36-17-3-14-33-15-12-29(20-34,13-16-33)11-10-26(31)28-24-18-22(35-2)6-9-27(24)32-19-25(28)30/h4-9,18-19,26,34H,3,10-17,20H2,1-2H3/t26-/m1/s1. The maximum Gasteiger partial charge on any atom is 0.127 e. The number of benzene rings is 2. The van der Waals surface area contributed by atoms with E-state index in [1.54, 1.807) is 13.2 Å². The maximum absolute atomic E-state index is 15.6. The summed E-state index contributed by atoms with van der Waals surface area (Å²) >= 11 is 8.31. The first kappa shape index (κ1) is 27.2. The zero-order valence-electron chi connectivity index (χ0n) is 21.2. The SMILES string of the molecule is COc1ccc2ncc(Cl)c([C@H](F)CCC3(CO)CCN(CCCSc4ccc(C)cc4)CC3)c2c1. The average molecular weight is 531 g/mol. The molecular weight excluding hydrogens is 495 g/mol. The number of halogens is 2. The fourth-order valence-corrected chi connectivity index (χ4v) is 6.15. The number of aliphatic hydroxyl groups is 1. The Hall–Kier alpha value is -1.86. The number of rotatable bonds is 11. The molecule has 36 heavy (non-hydrogen) atoms. The first-order chi connectivity index (χ1) is 17.4. The van der Waals surface area contributed by atoms with Gasteiger partial charge in [0.25, 0.3) is 0 Å². The van der Waals surface area contributed by atoms with Gasteiger partial charge in [-0.25, -0.2) is 4.39 Å². The first-order valence-corrected chi connectivity index (χ1v) is 14.1. The molecule has 194 valence electrons. The van der Waals surface area contributed by atoms with Crippen LogP contribution in [0.2, 0.25) is 5.02 Å². The molecule has 0 spiro atoms. The minimum absolute atomic E-state index is 0.0927. The van der Waals surface area contributed by atoms with Crippen LogP contribution in [0.4, 0.5) is 4.39 Å². The van der Waals surface area contributed by atoms with Crippen molar-refractivity contribution in [1.82, 2.24) is 9.88 Å². The molecule has 1 N–H and O–H groups in total. The Kier molecular flexibility index (Phi) is 9.51. The number of piperidine rings is 1. The fourth-order valence-electron chi connectivity index (χ4n) is 5.04. The number of aryl methyl sites for hydroxylation is 1. The number of likely N-dealkylation sites (tertiary alicyclic amines) is 1. The molecule has 1 atom stereocenters. The number of alkyl halides is 1. The first-order valence-electron chi connectivity index (χ1n) is 12.7. The number of ether oxygens (including phenoxy) is 1. The number of aromatic nitrogens is 1. The van der Waals surface area contributed by atoms with E-state index >= 15 is 4.39 Å². The highest BCUT2D eigenvalue weighted by atomic mass is 35.5. The van der Waals surface area contributed by atoms with E-state index in [2.05, 4.69) is 41.1 Å². The van der Waals surface area contributed by atoms with Crippen molar-refractivity contribution in [1.29, 1.82) is 0 Å². The number of fused-ring (bicyclic) bond motifs is 1. The van der Waals surface area contributed by atoms with Crippen LogP contribution in [-0.2, 0) is 0 Å². The van der Waals surface area contributed by atoms with Crippen molar-refractivity contribution in [2.45, 2.75) is 50.1 Å². The minimum Gasteiger partial charge on any atom is -0.497 e. The molecule has 0 unspecified atom stereocenters. The predicted octanol–water partition coefficient (Wildman–Crippen LogP) is 7.25. The molecule has 2 aromatic carbocycles. The lowest BCUT2D eigenvalue weighted by atomic mass is 9.74. The Bertz CT molecular complexity index is 1140. The summed E-state index contributed by atoms with van der Waals surface area (Å²) in [5.41, 5.74) is 2.22. The van der Waals surface area contributed by atoms with Gasteiger partial charge in [0.05, 0.1) is 17.6 Å². The smallest absolute Gasteiger partial charge is 0.127 e. The van der Waals surface area contributed by atoms with E-state index in [1.165, 1.54) is 16.7 Å². The van der Waals surface area contributed by atoms with Crippen LogP contribution in [0.25, 0.3) is 10.9 Å². The lowest BCUT2D eigenvalue weighted by Crippen LogP contribution is -2.42. The van der Waals surface area contributed by atoms with Crippen LogP contribution >= 0.6 is 23.4 Å². The summed E-state index contributed by atoms with van der Waals surface area (Å²) in [7, 11) is 1.59. The topological polar surface area (TPSA) is 45.6 Å². The number of thioether (sulfide) groups is 1. The third kappa shape index (κ3) is 6.71. The van der Waals surface area contributed by atoms with Crippen LogP contribution in [0, 0.1) is 12.3 Å². The summed E-state index contributed by atoms with van der Waals surface area (Å²) in [6.45, 7) is 5.16. The largest absolute Gasteiger partial charge is 0.497 e. The third-order valence-corrected chi connectivity index (χ3v) is 8.87. The molecule has 1 aromatic heterocycles. The molecule has 0 bridgehead atoms. The molecule has 1 fully saturated rings. The van der Waals surface area contributed by atoms with Crippen LogP contribution in [0.3, 0.4) is 0 Å². The number of hydrogen-bond donors (Lipinski definition) is 1. The Morgan fingerprint density at radius 2 is 1.94 bits per heavy atom. The lowest BCUT2D eigenvalue weighted by Gasteiger charge is -2.41. The van der Waals surface area contributed by atoms with Crippen molar-refractivity contribution in [3.8, 4) is 5.75 Å². The molecule has 0 amide bonds. The molecular formula is C29H36ClFN2O2S. The molecule has 1 saturated heterocycles. The Morgan fingerprint density at radius 1 is 1.19 bits per heavy atom. The highest BCUT2D eigenvalue weighted by Crippen LogP contribution is 2.42. The summed E-state index contributed by atoms with van der Waals surface area (Å²) in [6, 6.07) is 14.1. The van der Waals surface area contributed by atoms with Gasteiger partial charge in [0, 0.05) is 28.6 Å². The Labute approximate surface area is 223 Å². The molecule has 0 saturated carbocycles. The molecule has 4 rings (SSSR count). The molecule has 3 aromatic rings. The van der Waals surface area contributed by atoms with E-state index in [0.717, 1.165) is 44.6 Å². The van der Waals surface area contributed by atoms with Crippen molar-refractivity contribution in [2.75, 3.05) is 39.1 Å².